The summed E-state index contributed by atoms with van der Waals surface area (Å²) in [6.45, 7) is 1.97. The summed E-state index contributed by atoms with van der Waals surface area (Å²) in [5.41, 5.74) is 4.64. The van der Waals surface area contributed by atoms with Gasteiger partial charge in [-0.3, -0.25) is 9.67 Å². The maximum absolute atomic E-state index is 4.60. The van der Waals surface area contributed by atoms with Crippen LogP contribution in [0.1, 0.15) is 5.69 Å². The minimum absolute atomic E-state index is 0.854. The topological polar surface area (TPSA) is 43.6 Å². The Morgan fingerprint density at radius 1 is 1.12 bits per heavy atom. The van der Waals surface area contributed by atoms with Gasteiger partial charge in [0.1, 0.15) is 5.69 Å². The molecule has 84 valence electrons. The van der Waals surface area contributed by atoms with Crippen LogP contribution in [0.5, 0.6) is 0 Å². The number of aromatic nitrogens is 4. The van der Waals surface area contributed by atoms with Crippen LogP contribution in [0, 0.1) is 6.92 Å². The molecular weight excluding hydrogens is 212 g/mol. The monoisotopic (exact) mass is 224 g/mol. The van der Waals surface area contributed by atoms with Gasteiger partial charge in [-0.15, -0.1) is 0 Å². The molecule has 0 fully saturated rings. The summed E-state index contributed by atoms with van der Waals surface area (Å²) in [5, 5.41) is 4.32. The second-order valence-electron chi connectivity index (χ2n) is 4.04. The molecule has 0 unspecified atom stereocenters. The van der Waals surface area contributed by atoms with Gasteiger partial charge in [0.05, 0.1) is 28.6 Å². The largest absolute Gasteiger partial charge is 0.266 e. The van der Waals surface area contributed by atoms with E-state index in [1.54, 1.807) is 6.20 Å². The first kappa shape index (κ1) is 9.96. The van der Waals surface area contributed by atoms with E-state index in [9.17, 15) is 0 Å². The molecule has 0 saturated carbocycles. The van der Waals surface area contributed by atoms with Crippen molar-refractivity contribution in [1.82, 2.24) is 19.7 Å². The van der Waals surface area contributed by atoms with Crippen molar-refractivity contribution in [2.24, 2.45) is 7.05 Å². The number of para-hydroxylation sites is 2. The fraction of sp³-hybridized carbons (Fsp3) is 0.154. The summed E-state index contributed by atoms with van der Waals surface area (Å²) in [4.78, 5) is 9.00. The van der Waals surface area contributed by atoms with E-state index in [-0.39, 0.29) is 0 Å². The van der Waals surface area contributed by atoms with E-state index in [4.69, 9.17) is 0 Å². The van der Waals surface area contributed by atoms with Crippen LogP contribution < -0.4 is 0 Å². The molecule has 0 saturated heterocycles. The first-order chi connectivity index (χ1) is 8.24. The lowest BCUT2D eigenvalue weighted by molar-refractivity contribution is 0.762. The molecule has 0 spiro atoms. The molecule has 4 heteroatoms. The Morgan fingerprint density at radius 2 is 1.88 bits per heavy atom. The molecule has 0 aliphatic rings. The number of aryl methyl sites for hydroxylation is 2. The van der Waals surface area contributed by atoms with Crippen molar-refractivity contribution in [3.8, 4) is 11.4 Å². The van der Waals surface area contributed by atoms with Gasteiger partial charge in [-0.25, -0.2) is 4.98 Å². The average Bonchev–Trinajstić information content (AvgIpc) is 2.68. The predicted octanol–water partition coefficient (Wildman–Crippen LogP) is 2.34. The highest BCUT2D eigenvalue weighted by atomic mass is 15.3. The first-order valence-electron chi connectivity index (χ1n) is 5.47. The normalized spacial score (nSPS) is 10.9. The molecule has 17 heavy (non-hydrogen) atoms. The highest BCUT2D eigenvalue weighted by Gasteiger charge is 2.07. The Morgan fingerprint density at radius 3 is 2.59 bits per heavy atom. The van der Waals surface area contributed by atoms with Crippen LogP contribution >= 0.6 is 0 Å². The fourth-order valence-electron chi connectivity index (χ4n) is 1.93. The minimum Gasteiger partial charge on any atom is -0.266 e. The first-order valence-corrected chi connectivity index (χ1v) is 5.47. The molecule has 0 bridgehead atoms. The van der Waals surface area contributed by atoms with Crippen molar-refractivity contribution >= 4 is 11.0 Å². The van der Waals surface area contributed by atoms with Gasteiger partial charge >= 0.3 is 0 Å². The summed E-state index contributed by atoms with van der Waals surface area (Å²) in [6.07, 6.45) is 1.79. The SMILES string of the molecule is Cc1cc(-c2cnc3ccccc3n2)n(C)n1. The highest BCUT2D eigenvalue weighted by molar-refractivity contribution is 5.76. The van der Waals surface area contributed by atoms with Crippen LogP contribution in [-0.2, 0) is 7.05 Å². The predicted molar refractivity (Wildman–Crippen MR) is 66.5 cm³/mol. The van der Waals surface area contributed by atoms with Crippen LogP contribution in [0.2, 0.25) is 0 Å². The molecule has 0 aliphatic heterocycles. The van der Waals surface area contributed by atoms with E-state index in [0.717, 1.165) is 28.1 Å². The van der Waals surface area contributed by atoms with E-state index < -0.39 is 0 Å². The Bertz CT molecular complexity index is 685. The van der Waals surface area contributed by atoms with Crippen molar-refractivity contribution in [2.75, 3.05) is 0 Å². The van der Waals surface area contributed by atoms with E-state index in [2.05, 4.69) is 15.1 Å². The second kappa shape index (κ2) is 3.66. The lowest BCUT2D eigenvalue weighted by atomic mass is 10.2. The molecule has 3 aromatic rings. The van der Waals surface area contributed by atoms with Crippen LogP contribution in [0.25, 0.3) is 22.4 Å². The van der Waals surface area contributed by atoms with Crippen molar-refractivity contribution in [1.29, 1.82) is 0 Å². The maximum atomic E-state index is 4.60. The standard InChI is InChI=1S/C13H12N4/c1-9-7-13(17(2)16-9)12-8-14-10-5-3-4-6-11(10)15-12/h3-8H,1-2H3. The summed E-state index contributed by atoms with van der Waals surface area (Å²) in [5.74, 6) is 0. The zero-order valence-corrected chi connectivity index (χ0v) is 9.75. The van der Waals surface area contributed by atoms with Crippen LogP contribution in [-0.4, -0.2) is 19.7 Å². The third-order valence-electron chi connectivity index (χ3n) is 2.71. The number of hydrogen-bond donors (Lipinski definition) is 0. The van der Waals surface area contributed by atoms with Gasteiger partial charge in [-0.1, -0.05) is 12.1 Å². The molecule has 0 aliphatic carbocycles. The average molecular weight is 224 g/mol. The van der Waals surface area contributed by atoms with Gasteiger partial charge in [-0.05, 0) is 25.1 Å². The molecule has 0 radical (unpaired) electrons. The number of fused-ring (bicyclic) bond motifs is 1. The quantitative estimate of drug-likeness (QED) is 0.637. The van der Waals surface area contributed by atoms with Crippen LogP contribution in [0.4, 0.5) is 0 Å². The summed E-state index contributed by atoms with van der Waals surface area (Å²) >= 11 is 0. The Balaban J connectivity index is 2.21. The lowest BCUT2D eigenvalue weighted by Gasteiger charge is -2.02. The zero-order chi connectivity index (χ0) is 11.8. The van der Waals surface area contributed by atoms with E-state index in [1.807, 2.05) is 49.0 Å². The number of nitrogens with zero attached hydrogens (tertiary/aromatic N) is 4. The van der Waals surface area contributed by atoms with Crippen molar-refractivity contribution in [3.63, 3.8) is 0 Å². The fourth-order valence-corrected chi connectivity index (χ4v) is 1.93. The Hall–Kier alpha value is -2.23. The molecule has 2 heterocycles. The molecule has 0 atom stereocenters. The van der Waals surface area contributed by atoms with Crippen LogP contribution in [0.3, 0.4) is 0 Å². The van der Waals surface area contributed by atoms with Gasteiger partial charge in [0, 0.05) is 7.05 Å². The van der Waals surface area contributed by atoms with Crippen molar-refractivity contribution in [2.45, 2.75) is 6.92 Å². The van der Waals surface area contributed by atoms with Gasteiger partial charge in [0.2, 0.25) is 0 Å². The van der Waals surface area contributed by atoms with Crippen molar-refractivity contribution < 1.29 is 0 Å². The summed E-state index contributed by atoms with van der Waals surface area (Å²) < 4.78 is 1.83. The summed E-state index contributed by atoms with van der Waals surface area (Å²) in [6, 6.07) is 9.87. The van der Waals surface area contributed by atoms with Crippen molar-refractivity contribution in [3.05, 3.63) is 42.2 Å². The minimum atomic E-state index is 0.854. The van der Waals surface area contributed by atoms with Gasteiger partial charge in [-0.2, -0.15) is 5.10 Å². The molecular formula is C13H12N4. The van der Waals surface area contributed by atoms with E-state index in [1.165, 1.54) is 0 Å². The van der Waals surface area contributed by atoms with E-state index in [0.29, 0.717) is 0 Å². The zero-order valence-electron chi connectivity index (χ0n) is 9.75. The molecule has 0 N–H and O–H groups in total. The lowest BCUT2D eigenvalue weighted by Crippen LogP contribution is -1.96. The van der Waals surface area contributed by atoms with Gasteiger partial charge in [0.15, 0.2) is 0 Å². The Kier molecular flexibility index (Phi) is 2.14. The third-order valence-corrected chi connectivity index (χ3v) is 2.71. The second-order valence-corrected chi connectivity index (χ2v) is 4.04. The van der Waals surface area contributed by atoms with Crippen LogP contribution in [0.15, 0.2) is 36.5 Å². The summed E-state index contributed by atoms with van der Waals surface area (Å²) in [7, 11) is 1.92. The molecule has 3 rings (SSSR count). The molecule has 0 amide bonds. The molecule has 2 aromatic heterocycles. The smallest absolute Gasteiger partial charge is 0.107 e. The number of hydrogen-bond acceptors (Lipinski definition) is 3. The molecule has 1 aromatic carbocycles. The Labute approximate surface area is 98.9 Å². The van der Waals surface area contributed by atoms with Gasteiger partial charge < -0.3 is 0 Å². The third kappa shape index (κ3) is 1.67. The highest BCUT2D eigenvalue weighted by Crippen LogP contribution is 2.19. The maximum Gasteiger partial charge on any atom is 0.107 e. The van der Waals surface area contributed by atoms with Gasteiger partial charge in [0.25, 0.3) is 0 Å². The molecule has 4 nitrogen and oxygen atoms in total. The van der Waals surface area contributed by atoms with E-state index >= 15 is 0 Å². The number of rotatable bonds is 1. The number of benzene rings is 1.